The molecule has 0 radical (unpaired) electrons. The van der Waals surface area contributed by atoms with Gasteiger partial charge in [-0.1, -0.05) is 35.3 Å². The Labute approximate surface area is 140 Å². The Morgan fingerprint density at radius 3 is 2.65 bits per heavy atom. The predicted octanol–water partition coefficient (Wildman–Crippen LogP) is 5.52. The van der Waals surface area contributed by atoms with Crippen LogP contribution in [-0.4, -0.2) is 9.97 Å². The van der Waals surface area contributed by atoms with Crippen molar-refractivity contribution < 1.29 is 0 Å². The van der Waals surface area contributed by atoms with Crippen LogP contribution in [0.2, 0.25) is 10.2 Å². The van der Waals surface area contributed by atoms with Crippen LogP contribution in [0.4, 0.5) is 0 Å². The minimum atomic E-state index is 0.445. The van der Waals surface area contributed by atoms with Crippen molar-refractivity contribution in [2.75, 3.05) is 0 Å². The molecule has 0 atom stereocenters. The van der Waals surface area contributed by atoms with E-state index in [0.29, 0.717) is 16.0 Å². The van der Waals surface area contributed by atoms with Gasteiger partial charge in [-0.25, -0.2) is 9.97 Å². The van der Waals surface area contributed by atoms with Gasteiger partial charge in [0.2, 0.25) is 0 Å². The summed E-state index contributed by atoms with van der Waals surface area (Å²) >= 11 is 14.8. The first-order chi connectivity index (χ1) is 9.56. The van der Waals surface area contributed by atoms with Crippen molar-refractivity contribution in [1.29, 1.82) is 0 Å². The van der Waals surface area contributed by atoms with E-state index in [1.165, 1.54) is 0 Å². The molecule has 2 nitrogen and oxygen atoms in total. The summed E-state index contributed by atoms with van der Waals surface area (Å²) in [6.45, 7) is 1.96. The fraction of sp³-hybridized carbons (Fsp3) is 0.0667. The van der Waals surface area contributed by atoms with Crippen LogP contribution in [0.5, 0.6) is 0 Å². The Kier molecular flexibility index (Phi) is 3.84. The van der Waals surface area contributed by atoms with Crippen molar-refractivity contribution in [2.24, 2.45) is 0 Å². The molecule has 0 spiro atoms. The second-order valence-corrected chi connectivity index (χ2v) is 6.42. The van der Waals surface area contributed by atoms with Gasteiger partial charge in [0.25, 0.3) is 0 Å². The molecule has 0 aliphatic rings. The molecular weight excluding hydrogens is 406 g/mol. The monoisotopic (exact) mass is 414 g/mol. The van der Waals surface area contributed by atoms with Gasteiger partial charge in [-0.3, -0.25) is 0 Å². The van der Waals surface area contributed by atoms with Crippen LogP contribution in [0.25, 0.3) is 22.3 Å². The molecule has 0 N–H and O–H groups in total. The molecule has 0 unspecified atom stereocenters. The van der Waals surface area contributed by atoms with Gasteiger partial charge in [0.15, 0.2) is 5.82 Å². The van der Waals surface area contributed by atoms with Crippen LogP contribution < -0.4 is 0 Å². The second kappa shape index (κ2) is 5.47. The van der Waals surface area contributed by atoms with E-state index >= 15 is 0 Å². The Morgan fingerprint density at radius 1 is 1.05 bits per heavy atom. The van der Waals surface area contributed by atoms with Crippen molar-refractivity contribution in [1.82, 2.24) is 9.97 Å². The first-order valence-corrected chi connectivity index (χ1v) is 7.78. The van der Waals surface area contributed by atoms with E-state index in [0.717, 1.165) is 25.6 Å². The molecule has 0 saturated carbocycles. The number of nitrogens with zero attached hydrogens (tertiary/aromatic N) is 2. The van der Waals surface area contributed by atoms with Crippen molar-refractivity contribution in [2.45, 2.75) is 6.92 Å². The fourth-order valence-electron chi connectivity index (χ4n) is 2.00. The topological polar surface area (TPSA) is 25.8 Å². The zero-order valence-corrected chi connectivity index (χ0v) is 14.2. The van der Waals surface area contributed by atoms with E-state index in [4.69, 9.17) is 23.2 Å². The van der Waals surface area contributed by atoms with E-state index in [2.05, 4.69) is 32.6 Å². The SMILES string of the molecule is Cc1cccc(-c2nc(Cl)c3cc(I)ccc3n2)c1Cl. The first-order valence-electron chi connectivity index (χ1n) is 5.94. The molecule has 0 amide bonds. The molecule has 0 aliphatic heterocycles. The lowest BCUT2D eigenvalue weighted by atomic mass is 10.1. The average molecular weight is 415 g/mol. The van der Waals surface area contributed by atoms with Crippen molar-refractivity contribution in [3.63, 3.8) is 0 Å². The number of benzene rings is 2. The van der Waals surface area contributed by atoms with Crippen LogP contribution in [-0.2, 0) is 0 Å². The minimum Gasteiger partial charge on any atom is -0.228 e. The third kappa shape index (κ3) is 2.50. The number of halogens is 3. The number of rotatable bonds is 1. The zero-order valence-electron chi connectivity index (χ0n) is 10.5. The van der Waals surface area contributed by atoms with Crippen LogP contribution in [0.1, 0.15) is 5.56 Å². The van der Waals surface area contributed by atoms with Gasteiger partial charge in [0.05, 0.1) is 10.5 Å². The summed E-state index contributed by atoms with van der Waals surface area (Å²) < 4.78 is 1.10. The molecular formula is C15H9Cl2IN2. The molecule has 2 aromatic carbocycles. The van der Waals surface area contributed by atoms with Gasteiger partial charge >= 0.3 is 0 Å². The van der Waals surface area contributed by atoms with Crippen molar-refractivity contribution in [3.05, 3.63) is 55.7 Å². The lowest BCUT2D eigenvalue weighted by Crippen LogP contribution is -1.93. The summed E-state index contributed by atoms with van der Waals surface area (Å²) in [5, 5.41) is 1.96. The van der Waals surface area contributed by atoms with Gasteiger partial charge in [0.1, 0.15) is 5.15 Å². The van der Waals surface area contributed by atoms with Gasteiger partial charge in [0, 0.05) is 14.5 Å². The largest absolute Gasteiger partial charge is 0.228 e. The molecule has 0 bridgehead atoms. The van der Waals surface area contributed by atoms with E-state index in [-0.39, 0.29) is 0 Å². The highest BCUT2D eigenvalue weighted by molar-refractivity contribution is 14.1. The number of hydrogen-bond donors (Lipinski definition) is 0. The highest BCUT2D eigenvalue weighted by atomic mass is 127. The van der Waals surface area contributed by atoms with Gasteiger partial charge in [-0.2, -0.15) is 0 Å². The predicted molar refractivity (Wildman–Crippen MR) is 92.4 cm³/mol. The third-order valence-electron chi connectivity index (χ3n) is 3.04. The number of aryl methyl sites for hydroxylation is 1. The Morgan fingerprint density at radius 2 is 1.85 bits per heavy atom. The van der Waals surface area contributed by atoms with Gasteiger partial charge in [-0.05, 0) is 59.3 Å². The molecule has 1 heterocycles. The molecule has 3 rings (SSSR count). The quantitative estimate of drug-likeness (QED) is 0.387. The van der Waals surface area contributed by atoms with Gasteiger partial charge in [-0.15, -0.1) is 0 Å². The zero-order chi connectivity index (χ0) is 14.3. The number of aromatic nitrogens is 2. The summed E-state index contributed by atoms with van der Waals surface area (Å²) in [5.41, 5.74) is 2.61. The molecule has 1 aromatic heterocycles. The summed E-state index contributed by atoms with van der Waals surface area (Å²) in [6.07, 6.45) is 0. The van der Waals surface area contributed by atoms with Crippen LogP contribution in [0, 0.1) is 10.5 Å². The average Bonchev–Trinajstić information content (AvgIpc) is 2.42. The van der Waals surface area contributed by atoms with Crippen LogP contribution in [0.15, 0.2) is 36.4 Å². The highest BCUT2D eigenvalue weighted by Gasteiger charge is 2.12. The summed E-state index contributed by atoms with van der Waals surface area (Å²) in [6, 6.07) is 11.7. The van der Waals surface area contributed by atoms with E-state index in [1.807, 2.05) is 43.3 Å². The smallest absolute Gasteiger partial charge is 0.163 e. The molecule has 20 heavy (non-hydrogen) atoms. The van der Waals surface area contributed by atoms with Crippen molar-refractivity contribution in [3.8, 4) is 11.4 Å². The Hall–Kier alpha value is -0.910. The fourth-order valence-corrected chi connectivity index (χ4v) is 2.94. The summed E-state index contributed by atoms with van der Waals surface area (Å²) in [5.74, 6) is 0.553. The van der Waals surface area contributed by atoms with Gasteiger partial charge < -0.3 is 0 Å². The number of fused-ring (bicyclic) bond motifs is 1. The maximum atomic E-state index is 6.33. The Bertz CT molecular complexity index is 818. The maximum Gasteiger partial charge on any atom is 0.163 e. The summed E-state index contributed by atoms with van der Waals surface area (Å²) in [7, 11) is 0. The van der Waals surface area contributed by atoms with Crippen LogP contribution in [0.3, 0.4) is 0 Å². The maximum absolute atomic E-state index is 6.33. The molecule has 100 valence electrons. The highest BCUT2D eigenvalue weighted by Crippen LogP contribution is 2.31. The lowest BCUT2D eigenvalue weighted by Gasteiger charge is -2.08. The van der Waals surface area contributed by atoms with E-state index in [9.17, 15) is 0 Å². The Balaban J connectivity index is 2.28. The number of hydrogen-bond acceptors (Lipinski definition) is 2. The second-order valence-electron chi connectivity index (χ2n) is 4.44. The van der Waals surface area contributed by atoms with Crippen LogP contribution >= 0.6 is 45.8 Å². The normalized spacial score (nSPS) is 11.0. The molecule has 0 aliphatic carbocycles. The first kappa shape index (κ1) is 14.0. The van der Waals surface area contributed by atoms with E-state index in [1.54, 1.807) is 0 Å². The molecule has 0 saturated heterocycles. The van der Waals surface area contributed by atoms with Crippen molar-refractivity contribution >= 4 is 56.7 Å². The molecule has 5 heteroatoms. The third-order valence-corrected chi connectivity index (χ3v) is 4.50. The molecule has 3 aromatic rings. The van der Waals surface area contributed by atoms with E-state index < -0.39 is 0 Å². The standard InChI is InChI=1S/C15H9Cl2IN2/c1-8-3-2-4-10(13(8)16)15-19-12-6-5-9(18)7-11(12)14(17)20-15/h2-7H,1H3. The minimum absolute atomic E-state index is 0.445. The lowest BCUT2D eigenvalue weighted by molar-refractivity contribution is 1.22. The molecule has 0 fully saturated rings. The summed E-state index contributed by atoms with van der Waals surface area (Å²) in [4.78, 5) is 8.95.